The van der Waals surface area contributed by atoms with Crippen LogP contribution in [0.1, 0.15) is 60.3 Å². The number of hydrogen-bond acceptors (Lipinski definition) is 2. The first kappa shape index (κ1) is 17.3. The molecule has 3 nitrogen and oxygen atoms in total. The van der Waals surface area contributed by atoms with E-state index in [1.807, 2.05) is 4.90 Å². The standard InChI is InChI=1S/C15H31NO2/c1-6-7-8-9-10-18-15(17)16(11-13(2)3)12-14(4)5/h13-14H,6-12H2,1-5H3. The summed E-state index contributed by atoms with van der Waals surface area (Å²) in [5.74, 6) is 0.966. The van der Waals surface area contributed by atoms with Crippen molar-refractivity contribution in [3.05, 3.63) is 0 Å². The van der Waals surface area contributed by atoms with E-state index in [0.29, 0.717) is 18.4 Å². The zero-order chi connectivity index (χ0) is 14.0. The Hall–Kier alpha value is -0.730. The van der Waals surface area contributed by atoms with E-state index in [2.05, 4.69) is 34.6 Å². The Kier molecular flexibility index (Phi) is 9.80. The molecule has 3 heteroatoms. The lowest BCUT2D eigenvalue weighted by atomic mass is 10.1. The van der Waals surface area contributed by atoms with Crippen molar-refractivity contribution in [3.63, 3.8) is 0 Å². The molecule has 0 heterocycles. The van der Waals surface area contributed by atoms with Gasteiger partial charge in [-0.3, -0.25) is 0 Å². The van der Waals surface area contributed by atoms with Gasteiger partial charge in [-0.25, -0.2) is 4.79 Å². The van der Waals surface area contributed by atoms with E-state index < -0.39 is 0 Å². The van der Waals surface area contributed by atoms with Gasteiger partial charge in [0.15, 0.2) is 0 Å². The van der Waals surface area contributed by atoms with Crippen LogP contribution in [0.5, 0.6) is 0 Å². The molecule has 0 saturated carbocycles. The fraction of sp³-hybridized carbons (Fsp3) is 0.933. The highest BCUT2D eigenvalue weighted by Gasteiger charge is 2.17. The quantitative estimate of drug-likeness (QED) is 0.576. The molecule has 0 rings (SSSR count). The Bertz CT molecular complexity index is 205. The largest absolute Gasteiger partial charge is 0.449 e. The fourth-order valence-corrected chi connectivity index (χ4v) is 1.88. The van der Waals surface area contributed by atoms with Gasteiger partial charge in [0.1, 0.15) is 0 Å². The highest BCUT2D eigenvalue weighted by atomic mass is 16.6. The first-order valence-electron chi connectivity index (χ1n) is 7.39. The number of carbonyl (C=O) groups excluding carboxylic acids is 1. The van der Waals surface area contributed by atoms with Gasteiger partial charge in [0, 0.05) is 13.1 Å². The third kappa shape index (κ3) is 9.32. The minimum atomic E-state index is -0.145. The molecule has 0 spiro atoms. The Morgan fingerprint density at radius 3 is 2.00 bits per heavy atom. The van der Waals surface area contributed by atoms with E-state index in [0.717, 1.165) is 25.9 Å². The van der Waals surface area contributed by atoms with E-state index in [1.165, 1.54) is 12.8 Å². The van der Waals surface area contributed by atoms with Crippen LogP contribution in [-0.2, 0) is 4.74 Å². The van der Waals surface area contributed by atoms with Crippen molar-refractivity contribution in [3.8, 4) is 0 Å². The van der Waals surface area contributed by atoms with Crippen LogP contribution in [0.3, 0.4) is 0 Å². The van der Waals surface area contributed by atoms with E-state index in [1.54, 1.807) is 0 Å². The van der Waals surface area contributed by atoms with Gasteiger partial charge in [-0.05, 0) is 18.3 Å². The van der Waals surface area contributed by atoms with Crippen molar-refractivity contribution in [2.24, 2.45) is 11.8 Å². The predicted molar refractivity (Wildman–Crippen MR) is 76.7 cm³/mol. The first-order chi connectivity index (χ1) is 8.47. The molecule has 18 heavy (non-hydrogen) atoms. The molecule has 0 aliphatic rings. The molecule has 0 unspecified atom stereocenters. The van der Waals surface area contributed by atoms with Crippen molar-refractivity contribution in [1.82, 2.24) is 4.90 Å². The maximum absolute atomic E-state index is 12.0. The normalized spacial score (nSPS) is 11.1. The van der Waals surface area contributed by atoms with Gasteiger partial charge in [-0.2, -0.15) is 0 Å². The number of nitrogens with zero attached hydrogens (tertiary/aromatic N) is 1. The van der Waals surface area contributed by atoms with Crippen LogP contribution in [0.25, 0.3) is 0 Å². The van der Waals surface area contributed by atoms with Crippen LogP contribution < -0.4 is 0 Å². The Morgan fingerprint density at radius 1 is 1.00 bits per heavy atom. The lowest BCUT2D eigenvalue weighted by Gasteiger charge is -2.25. The molecule has 0 radical (unpaired) electrons. The predicted octanol–water partition coefficient (Wildman–Crippen LogP) is 4.32. The van der Waals surface area contributed by atoms with E-state index >= 15 is 0 Å². The molecular weight excluding hydrogens is 226 g/mol. The second-order valence-electron chi connectivity index (χ2n) is 5.87. The third-order valence-electron chi connectivity index (χ3n) is 2.65. The number of hydrogen-bond donors (Lipinski definition) is 0. The lowest BCUT2D eigenvalue weighted by molar-refractivity contribution is 0.0918. The SMILES string of the molecule is CCCCCCOC(=O)N(CC(C)C)CC(C)C. The summed E-state index contributed by atoms with van der Waals surface area (Å²) in [6, 6.07) is 0. The number of unbranched alkanes of at least 4 members (excludes halogenated alkanes) is 3. The second kappa shape index (κ2) is 10.2. The molecule has 1 amide bonds. The summed E-state index contributed by atoms with van der Waals surface area (Å²) in [5.41, 5.74) is 0. The van der Waals surface area contributed by atoms with Crippen LogP contribution in [-0.4, -0.2) is 30.7 Å². The molecular formula is C15H31NO2. The molecule has 0 fully saturated rings. The summed E-state index contributed by atoms with van der Waals surface area (Å²) in [6.07, 6.45) is 4.42. The van der Waals surface area contributed by atoms with Gasteiger partial charge in [0.05, 0.1) is 6.61 Å². The van der Waals surface area contributed by atoms with Crippen molar-refractivity contribution >= 4 is 6.09 Å². The van der Waals surface area contributed by atoms with Crippen LogP contribution in [0.4, 0.5) is 4.79 Å². The lowest BCUT2D eigenvalue weighted by Crippen LogP contribution is -2.37. The minimum absolute atomic E-state index is 0.145. The van der Waals surface area contributed by atoms with E-state index in [-0.39, 0.29) is 6.09 Å². The van der Waals surface area contributed by atoms with Crippen LogP contribution >= 0.6 is 0 Å². The van der Waals surface area contributed by atoms with Crippen molar-refractivity contribution in [1.29, 1.82) is 0 Å². The fourth-order valence-electron chi connectivity index (χ4n) is 1.88. The average molecular weight is 257 g/mol. The van der Waals surface area contributed by atoms with Crippen LogP contribution in [0, 0.1) is 11.8 Å². The van der Waals surface area contributed by atoms with Crippen LogP contribution in [0.15, 0.2) is 0 Å². The minimum Gasteiger partial charge on any atom is -0.449 e. The first-order valence-corrected chi connectivity index (χ1v) is 7.39. The smallest absolute Gasteiger partial charge is 0.409 e. The monoisotopic (exact) mass is 257 g/mol. The Morgan fingerprint density at radius 2 is 1.56 bits per heavy atom. The van der Waals surface area contributed by atoms with Crippen molar-refractivity contribution in [2.75, 3.05) is 19.7 Å². The van der Waals surface area contributed by atoms with Gasteiger partial charge in [0.2, 0.25) is 0 Å². The molecule has 0 aromatic carbocycles. The average Bonchev–Trinajstić information content (AvgIpc) is 2.26. The topological polar surface area (TPSA) is 29.5 Å². The van der Waals surface area contributed by atoms with E-state index in [9.17, 15) is 4.79 Å². The van der Waals surface area contributed by atoms with Crippen molar-refractivity contribution < 1.29 is 9.53 Å². The molecule has 0 saturated heterocycles. The maximum atomic E-state index is 12.0. The molecule has 108 valence electrons. The van der Waals surface area contributed by atoms with Gasteiger partial charge in [-0.15, -0.1) is 0 Å². The Balaban J connectivity index is 3.96. The van der Waals surface area contributed by atoms with Gasteiger partial charge < -0.3 is 9.64 Å². The summed E-state index contributed by atoms with van der Waals surface area (Å²) in [5, 5.41) is 0. The zero-order valence-electron chi connectivity index (χ0n) is 12.9. The van der Waals surface area contributed by atoms with Gasteiger partial charge in [0.25, 0.3) is 0 Å². The maximum Gasteiger partial charge on any atom is 0.409 e. The summed E-state index contributed by atoms with van der Waals surface area (Å²) in [7, 11) is 0. The van der Waals surface area contributed by atoms with E-state index in [4.69, 9.17) is 4.74 Å². The molecule has 0 aliphatic carbocycles. The summed E-state index contributed by atoms with van der Waals surface area (Å²) >= 11 is 0. The number of amides is 1. The molecule has 0 bridgehead atoms. The number of rotatable bonds is 9. The molecule has 0 atom stereocenters. The summed E-state index contributed by atoms with van der Waals surface area (Å²) < 4.78 is 5.34. The number of ether oxygens (including phenoxy) is 1. The molecule has 0 aliphatic heterocycles. The highest BCUT2D eigenvalue weighted by Crippen LogP contribution is 2.07. The zero-order valence-corrected chi connectivity index (χ0v) is 12.9. The Labute approximate surface area is 113 Å². The molecule has 0 aromatic heterocycles. The number of carbonyl (C=O) groups is 1. The van der Waals surface area contributed by atoms with Gasteiger partial charge >= 0.3 is 6.09 Å². The highest BCUT2D eigenvalue weighted by molar-refractivity contribution is 5.67. The second-order valence-corrected chi connectivity index (χ2v) is 5.87. The molecule has 0 N–H and O–H groups in total. The molecule has 0 aromatic rings. The third-order valence-corrected chi connectivity index (χ3v) is 2.65. The van der Waals surface area contributed by atoms with Crippen LogP contribution in [0.2, 0.25) is 0 Å². The van der Waals surface area contributed by atoms with Gasteiger partial charge in [-0.1, -0.05) is 53.9 Å². The summed E-state index contributed by atoms with van der Waals surface area (Å²) in [6.45, 7) is 12.8. The van der Waals surface area contributed by atoms with Crippen molar-refractivity contribution in [2.45, 2.75) is 60.3 Å². The summed E-state index contributed by atoms with van der Waals surface area (Å²) in [4.78, 5) is 13.8.